The highest BCUT2D eigenvalue weighted by Crippen LogP contribution is 2.22. The Morgan fingerprint density at radius 1 is 0.747 bits per heavy atom. The van der Waals surface area contributed by atoms with Crippen LogP contribution in [0.1, 0.15) is 82.3 Å². The van der Waals surface area contributed by atoms with Crippen molar-refractivity contribution in [3.8, 4) is 0 Å². The first-order chi connectivity index (χ1) is 35.8. The van der Waals surface area contributed by atoms with Crippen LogP contribution in [0.25, 0.3) is 10.9 Å². The van der Waals surface area contributed by atoms with Gasteiger partial charge in [0.05, 0.1) is 6.42 Å². The lowest BCUT2D eigenvalue weighted by molar-refractivity contribution is -0.143. The van der Waals surface area contributed by atoms with Crippen molar-refractivity contribution in [1.29, 1.82) is 0 Å². The number of aliphatic imine (C=N–C) groups is 2. The van der Waals surface area contributed by atoms with E-state index in [0.717, 1.165) is 17.0 Å². The maximum atomic E-state index is 15.4. The molecule has 1 aromatic heterocycles. The van der Waals surface area contributed by atoms with E-state index in [1.165, 1.54) is 30.0 Å². The number of nitrogens with two attached hydrogens (primary N) is 5. The Balaban J connectivity index is 1.53. The lowest BCUT2D eigenvalue weighted by atomic mass is 10.0. The maximum absolute atomic E-state index is 15.4. The Morgan fingerprint density at radius 3 is 2.07 bits per heavy atom. The molecule has 25 nitrogen and oxygen atoms in total. The van der Waals surface area contributed by atoms with Gasteiger partial charge >= 0.3 is 0 Å². The molecule has 0 saturated carbocycles. The summed E-state index contributed by atoms with van der Waals surface area (Å²) in [5, 5.41) is 19.3. The summed E-state index contributed by atoms with van der Waals surface area (Å²) in [6.07, 6.45) is 1.72. The minimum absolute atomic E-state index is 0.00569. The minimum atomic E-state index is -1.58. The van der Waals surface area contributed by atoms with E-state index in [-0.39, 0.29) is 108 Å². The lowest BCUT2D eigenvalue weighted by Crippen LogP contribution is -2.60. The molecule has 0 radical (unpaired) electrons. The molecule has 0 unspecified atom stereocenters. The molecule has 0 aliphatic carbocycles. The van der Waals surface area contributed by atoms with Gasteiger partial charge in [0.2, 0.25) is 53.2 Å². The van der Waals surface area contributed by atoms with E-state index in [1.807, 2.05) is 18.2 Å². The van der Waals surface area contributed by atoms with Gasteiger partial charge in [0.1, 0.15) is 48.1 Å². The maximum Gasteiger partial charge on any atom is 0.246 e. The SMILES string of the molecule is CC(=O)N[C@@H](CCCN=C(N)N)C(=O)N[C@H]1CC(=O)NCCCC[C@@H](C(N)=O)NC(=O)[C@H](Cc2c[nH]c3ccccc23)NC(=O)[C@H](CCCN=C(N)N)NC(=O)[C@@H](Cc2ccccc2F)NC(=O)[C@@H]2CCCN2C1=O. The zero-order valence-corrected chi connectivity index (χ0v) is 41.8. The predicted molar refractivity (Wildman–Crippen MR) is 275 cm³/mol. The van der Waals surface area contributed by atoms with E-state index < -0.39 is 114 Å². The van der Waals surface area contributed by atoms with Crippen LogP contribution < -0.4 is 65.9 Å². The fourth-order valence-electron chi connectivity index (χ4n) is 8.92. The lowest BCUT2D eigenvalue weighted by Gasteiger charge is -2.31. The standard InChI is InChI=1S/C49H69FN16O9/c1-27(67)60-34(16-8-20-57-48(52)53)42(70)65-38-25-40(68)56-19-7-6-15-33(41(51)69)61-44(72)37(24-29-26-59-32-14-5-3-12-30(29)32)63-43(71)35(17-9-21-58-49(54)55)62-45(73)36(23-28-11-2-4-13-31(28)50)64-46(74)39-18-10-22-66(39)47(38)75/h2-5,11-14,26,33-39,59H,6-10,15-25H2,1H3,(H2,51,69)(H,56,68)(H,60,67)(H,61,72)(H,62,73)(H,63,71)(H,64,74)(H,65,70)(H4,52,53,57)(H4,54,55,58)/t33-,34-,35-,36+,37-,38-,39-/m0/s1. The van der Waals surface area contributed by atoms with Gasteiger partial charge in [-0.15, -0.1) is 0 Å². The molecule has 2 saturated heterocycles. The van der Waals surface area contributed by atoms with Crippen molar-refractivity contribution in [3.63, 3.8) is 0 Å². The summed E-state index contributed by atoms with van der Waals surface area (Å²) in [6.45, 7) is 1.35. The highest BCUT2D eigenvalue weighted by atomic mass is 19.1. The molecule has 406 valence electrons. The van der Waals surface area contributed by atoms with Gasteiger partial charge in [-0.1, -0.05) is 36.4 Å². The van der Waals surface area contributed by atoms with Gasteiger partial charge in [0, 0.05) is 63.0 Å². The smallest absolute Gasteiger partial charge is 0.246 e. The van der Waals surface area contributed by atoms with E-state index in [0.29, 0.717) is 5.56 Å². The van der Waals surface area contributed by atoms with E-state index in [2.05, 4.69) is 52.2 Å². The molecule has 9 amide bonds. The van der Waals surface area contributed by atoms with Gasteiger partial charge in [0.15, 0.2) is 11.9 Å². The zero-order valence-electron chi connectivity index (χ0n) is 41.8. The van der Waals surface area contributed by atoms with Crippen molar-refractivity contribution in [2.45, 2.75) is 126 Å². The first-order valence-electron chi connectivity index (χ1n) is 24.9. The third kappa shape index (κ3) is 17.7. The van der Waals surface area contributed by atoms with Crippen molar-refractivity contribution < 1.29 is 47.5 Å². The number of benzene rings is 2. The number of halogens is 1. The Bertz CT molecular complexity index is 2600. The topological polar surface area (TPSA) is 412 Å². The van der Waals surface area contributed by atoms with Crippen molar-refractivity contribution in [2.24, 2.45) is 38.7 Å². The molecule has 26 heteroatoms. The van der Waals surface area contributed by atoms with Gasteiger partial charge in [-0.05, 0) is 81.0 Å². The van der Waals surface area contributed by atoms with Gasteiger partial charge in [-0.25, -0.2) is 4.39 Å². The largest absolute Gasteiger partial charge is 0.370 e. The Morgan fingerprint density at radius 2 is 1.37 bits per heavy atom. The molecule has 18 N–H and O–H groups in total. The number of guanidine groups is 2. The Labute approximate surface area is 432 Å². The third-order valence-electron chi connectivity index (χ3n) is 12.7. The van der Waals surface area contributed by atoms with Gasteiger partial charge in [0.25, 0.3) is 0 Å². The van der Waals surface area contributed by atoms with Crippen molar-refractivity contribution in [3.05, 3.63) is 71.7 Å². The number of primary amides is 1. The summed E-state index contributed by atoms with van der Waals surface area (Å²) in [7, 11) is 0. The number of amides is 9. The molecule has 5 rings (SSSR count). The average Bonchev–Trinajstić information content (AvgIpc) is 4.02. The molecule has 2 aromatic carbocycles. The molecule has 0 spiro atoms. The van der Waals surface area contributed by atoms with Gasteiger partial charge in [-0.2, -0.15) is 0 Å². The highest BCUT2D eigenvalue weighted by molar-refractivity contribution is 5.99. The highest BCUT2D eigenvalue weighted by Gasteiger charge is 2.41. The molecule has 3 heterocycles. The fourth-order valence-corrected chi connectivity index (χ4v) is 8.92. The van der Waals surface area contributed by atoms with Crippen LogP contribution in [0.15, 0.2) is 64.7 Å². The van der Waals surface area contributed by atoms with Crippen molar-refractivity contribution in [2.75, 3.05) is 26.2 Å². The number of carbonyl (C=O) groups is 9. The molecule has 75 heavy (non-hydrogen) atoms. The minimum Gasteiger partial charge on any atom is -0.370 e. The summed E-state index contributed by atoms with van der Waals surface area (Å²) in [6, 6.07) is 3.16. The van der Waals surface area contributed by atoms with Crippen LogP contribution in [0.2, 0.25) is 0 Å². The van der Waals surface area contributed by atoms with E-state index in [9.17, 15) is 43.2 Å². The van der Waals surface area contributed by atoms with Crippen molar-refractivity contribution >= 4 is 76.0 Å². The molecule has 2 aliphatic heterocycles. The summed E-state index contributed by atoms with van der Waals surface area (Å²) >= 11 is 0. The number of carbonyl (C=O) groups excluding carboxylic acids is 9. The molecule has 7 atom stereocenters. The molecule has 3 aromatic rings. The molecule has 2 aliphatic rings. The number of aromatic nitrogens is 1. The van der Waals surface area contributed by atoms with E-state index >= 15 is 4.39 Å². The second kappa shape index (κ2) is 28.2. The quantitative estimate of drug-likeness (QED) is 0.0395. The number of fused-ring (bicyclic) bond motifs is 2. The average molecular weight is 1050 g/mol. The monoisotopic (exact) mass is 1040 g/mol. The van der Waals surface area contributed by atoms with E-state index in [4.69, 9.17) is 28.7 Å². The first kappa shape index (κ1) is 57.6. The van der Waals surface area contributed by atoms with Crippen LogP contribution in [-0.2, 0) is 56.0 Å². The second-order valence-electron chi connectivity index (χ2n) is 18.5. The molecular weight excluding hydrogens is 976 g/mol. The number of H-pyrrole nitrogens is 1. The van der Waals surface area contributed by atoms with Crippen LogP contribution in [0.5, 0.6) is 0 Å². The summed E-state index contributed by atoms with van der Waals surface area (Å²) < 4.78 is 15.4. The number of hydrogen-bond acceptors (Lipinski definition) is 11. The molecule has 0 bridgehead atoms. The Kier molecular flexibility index (Phi) is 21.7. The van der Waals surface area contributed by atoms with Gasteiger partial charge < -0.3 is 75.8 Å². The predicted octanol–water partition coefficient (Wildman–Crippen LogP) is -2.71. The summed E-state index contributed by atoms with van der Waals surface area (Å²) in [5.74, 6) is -8.30. The van der Waals surface area contributed by atoms with Crippen LogP contribution >= 0.6 is 0 Å². The number of aromatic amines is 1. The number of rotatable bonds is 16. The van der Waals surface area contributed by atoms with Crippen LogP contribution in [-0.4, -0.2) is 143 Å². The fraction of sp³-hybridized carbons (Fsp3) is 0.490. The number of nitrogens with zero attached hydrogens (tertiary/aromatic N) is 3. The van der Waals surface area contributed by atoms with Crippen LogP contribution in [0.4, 0.5) is 4.39 Å². The second-order valence-corrected chi connectivity index (χ2v) is 18.5. The summed E-state index contributed by atoms with van der Waals surface area (Å²) in [4.78, 5) is 137. The first-order valence-corrected chi connectivity index (χ1v) is 24.9. The zero-order chi connectivity index (χ0) is 54.6. The van der Waals surface area contributed by atoms with Gasteiger partial charge in [-0.3, -0.25) is 53.1 Å². The number of hydrogen-bond donors (Lipinski definition) is 13. The summed E-state index contributed by atoms with van der Waals surface area (Å²) in [5.41, 5.74) is 29.2. The number of nitrogens with one attached hydrogen (secondary N) is 8. The van der Waals surface area contributed by atoms with Crippen LogP contribution in [0, 0.1) is 5.82 Å². The van der Waals surface area contributed by atoms with Crippen molar-refractivity contribution in [1.82, 2.24) is 47.1 Å². The number of para-hydroxylation sites is 1. The van der Waals surface area contributed by atoms with Crippen LogP contribution in [0.3, 0.4) is 0 Å². The Hall–Kier alpha value is -8.32. The molecule has 2 fully saturated rings. The van der Waals surface area contributed by atoms with E-state index in [1.54, 1.807) is 12.3 Å². The molecular formula is C49H69FN16O9. The third-order valence-corrected chi connectivity index (χ3v) is 12.7. The normalized spacial score (nSPS) is 22.0.